The van der Waals surface area contributed by atoms with Crippen molar-refractivity contribution < 1.29 is 19.4 Å². The first-order valence-corrected chi connectivity index (χ1v) is 8.19. The van der Waals surface area contributed by atoms with Crippen molar-refractivity contribution in [3.05, 3.63) is 23.9 Å². The Morgan fingerprint density at radius 3 is 2.57 bits per heavy atom. The maximum Gasteiger partial charge on any atom is 0.308 e. The van der Waals surface area contributed by atoms with Gasteiger partial charge in [-0.2, -0.15) is 0 Å². The molecule has 6 heteroatoms. The van der Waals surface area contributed by atoms with Crippen molar-refractivity contribution in [3.8, 4) is 5.88 Å². The van der Waals surface area contributed by atoms with Gasteiger partial charge in [-0.3, -0.25) is 9.59 Å². The molecule has 0 radical (unpaired) electrons. The standard InChI is InChI=1S/C17H22N2O4/c1-11-9-19(10-14(11)17(21)22)16(20)12-6-7-15(18-8-12)23-13-4-2-3-5-13/h6-8,11,13-14H,2-5,9-10H2,1H3,(H,21,22)/t11-,14-/m1/s1. The van der Waals surface area contributed by atoms with Gasteiger partial charge in [0.05, 0.1) is 11.5 Å². The third kappa shape index (κ3) is 3.46. The molecule has 1 aliphatic heterocycles. The molecule has 2 heterocycles. The van der Waals surface area contributed by atoms with Crippen LogP contribution in [0.2, 0.25) is 0 Å². The lowest BCUT2D eigenvalue weighted by Gasteiger charge is -2.16. The highest BCUT2D eigenvalue weighted by atomic mass is 16.5. The highest BCUT2D eigenvalue weighted by Crippen LogP contribution is 2.26. The van der Waals surface area contributed by atoms with Gasteiger partial charge in [0.25, 0.3) is 5.91 Å². The summed E-state index contributed by atoms with van der Waals surface area (Å²) in [6.45, 7) is 2.59. The zero-order valence-corrected chi connectivity index (χ0v) is 13.3. The summed E-state index contributed by atoms with van der Waals surface area (Å²) < 4.78 is 5.79. The molecule has 1 saturated carbocycles. The maximum atomic E-state index is 12.5. The van der Waals surface area contributed by atoms with E-state index >= 15 is 0 Å². The monoisotopic (exact) mass is 318 g/mol. The molecular weight excluding hydrogens is 296 g/mol. The van der Waals surface area contributed by atoms with Crippen LogP contribution in [0.1, 0.15) is 43.0 Å². The van der Waals surface area contributed by atoms with E-state index in [0.29, 0.717) is 18.0 Å². The summed E-state index contributed by atoms with van der Waals surface area (Å²) in [5.41, 5.74) is 0.474. The van der Waals surface area contributed by atoms with Crippen LogP contribution in [0.4, 0.5) is 0 Å². The molecule has 0 bridgehead atoms. The number of rotatable bonds is 4. The fourth-order valence-corrected chi connectivity index (χ4v) is 3.39. The van der Waals surface area contributed by atoms with E-state index in [1.807, 2.05) is 6.92 Å². The summed E-state index contributed by atoms with van der Waals surface area (Å²) in [6.07, 6.45) is 6.26. The van der Waals surface area contributed by atoms with E-state index in [9.17, 15) is 9.59 Å². The molecule has 2 fully saturated rings. The van der Waals surface area contributed by atoms with Crippen LogP contribution in [0.3, 0.4) is 0 Å². The Morgan fingerprint density at radius 2 is 2.00 bits per heavy atom. The van der Waals surface area contributed by atoms with E-state index in [-0.39, 0.29) is 24.5 Å². The van der Waals surface area contributed by atoms with Crippen LogP contribution in [0.5, 0.6) is 5.88 Å². The van der Waals surface area contributed by atoms with Crippen LogP contribution >= 0.6 is 0 Å². The zero-order chi connectivity index (χ0) is 16.4. The van der Waals surface area contributed by atoms with Crippen molar-refractivity contribution in [2.75, 3.05) is 13.1 Å². The minimum atomic E-state index is -0.841. The van der Waals surface area contributed by atoms with Gasteiger partial charge in [-0.05, 0) is 37.7 Å². The number of carboxylic acid groups (broad SMARTS) is 1. The number of carboxylic acids is 1. The molecule has 1 amide bonds. The number of ether oxygens (including phenoxy) is 1. The number of aliphatic carboxylic acids is 1. The van der Waals surface area contributed by atoms with Crippen LogP contribution in [-0.4, -0.2) is 46.1 Å². The van der Waals surface area contributed by atoms with E-state index in [1.54, 1.807) is 17.0 Å². The molecule has 6 nitrogen and oxygen atoms in total. The lowest BCUT2D eigenvalue weighted by atomic mass is 9.99. The van der Waals surface area contributed by atoms with Crippen LogP contribution in [0.25, 0.3) is 0 Å². The number of nitrogens with zero attached hydrogens (tertiary/aromatic N) is 2. The Labute approximate surface area is 135 Å². The zero-order valence-electron chi connectivity index (χ0n) is 13.3. The molecule has 1 aromatic rings. The molecule has 0 aromatic carbocycles. The molecule has 1 N–H and O–H groups in total. The van der Waals surface area contributed by atoms with Crippen molar-refractivity contribution in [1.82, 2.24) is 9.88 Å². The van der Waals surface area contributed by atoms with Gasteiger partial charge in [0.15, 0.2) is 0 Å². The second kappa shape index (κ2) is 6.56. The molecule has 1 aliphatic carbocycles. The minimum Gasteiger partial charge on any atom is -0.481 e. The quantitative estimate of drug-likeness (QED) is 0.920. The predicted molar refractivity (Wildman–Crippen MR) is 83.3 cm³/mol. The number of carbonyl (C=O) groups is 2. The maximum absolute atomic E-state index is 12.5. The summed E-state index contributed by atoms with van der Waals surface area (Å²) in [7, 11) is 0. The summed E-state index contributed by atoms with van der Waals surface area (Å²) in [4.78, 5) is 29.4. The smallest absolute Gasteiger partial charge is 0.308 e. The van der Waals surface area contributed by atoms with Crippen LogP contribution < -0.4 is 4.74 Å². The third-order valence-corrected chi connectivity index (χ3v) is 4.79. The molecule has 2 aliphatic rings. The van der Waals surface area contributed by atoms with Crippen molar-refractivity contribution in [2.45, 2.75) is 38.7 Å². The predicted octanol–water partition coefficient (Wildman–Crippen LogP) is 2.20. The molecule has 2 atom stereocenters. The fraction of sp³-hybridized carbons (Fsp3) is 0.588. The summed E-state index contributed by atoms with van der Waals surface area (Å²) in [5, 5.41) is 9.16. The summed E-state index contributed by atoms with van der Waals surface area (Å²) >= 11 is 0. The molecule has 0 spiro atoms. The first-order valence-electron chi connectivity index (χ1n) is 8.19. The van der Waals surface area contributed by atoms with Crippen molar-refractivity contribution in [3.63, 3.8) is 0 Å². The molecule has 23 heavy (non-hydrogen) atoms. The number of hydrogen-bond acceptors (Lipinski definition) is 4. The molecular formula is C17H22N2O4. The Morgan fingerprint density at radius 1 is 1.26 bits per heavy atom. The molecule has 124 valence electrons. The number of hydrogen-bond donors (Lipinski definition) is 1. The normalized spacial score (nSPS) is 24.8. The topological polar surface area (TPSA) is 79.7 Å². The molecule has 1 aromatic heterocycles. The summed E-state index contributed by atoms with van der Waals surface area (Å²) in [6, 6.07) is 3.43. The van der Waals surface area contributed by atoms with E-state index in [1.165, 1.54) is 19.0 Å². The Kier molecular flexibility index (Phi) is 4.50. The van der Waals surface area contributed by atoms with Crippen LogP contribution in [-0.2, 0) is 4.79 Å². The van der Waals surface area contributed by atoms with Crippen LogP contribution in [0, 0.1) is 11.8 Å². The SMILES string of the molecule is C[C@@H]1CN(C(=O)c2ccc(OC3CCCC3)nc2)C[C@H]1C(=O)O. The number of pyridine rings is 1. The first kappa shape index (κ1) is 15.8. The third-order valence-electron chi connectivity index (χ3n) is 4.79. The molecule has 1 saturated heterocycles. The second-order valence-corrected chi connectivity index (χ2v) is 6.54. The minimum absolute atomic E-state index is 0.0330. The van der Waals surface area contributed by atoms with Gasteiger partial charge in [-0.1, -0.05) is 6.92 Å². The van der Waals surface area contributed by atoms with Gasteiger partial charge >= 0.3 is 5.97 Å². The van der Waals surface area contributed by atoms with Gasteiger partial charge in [0.1, 0.15) is 6.10 Å². The van der Waals surface area contributed by atoms with E-state index in [4.69, 9.17) is 9.84 Å². The van der Waals surface area contributed by atoms with Crippen molar-refractivity contribution >= 4 is 11.9 Å². The fourth-order valence-electron chi connectivity index (χ4n) is 3.39. The van der Waals surface area contributed by atoms with E-state index < -0.39 is 11.9 Å². The molecule has 0 unspecified atom stereocenters. The number of aromatic nitrogens is 1. The Balaban J connectivity index is 1.62. The largest absolute Gasteiger partial charge is 0.481 e. The number of amides is 1. The number of carbonyl (C=O) groups excluding carboxylic acids is 1. The van der Waals surface area contributed by atoms with Gasteiger partial charge in [-0.15, -0.1) is 0 Å². The lowest BCUT2D eigenvalue weighted by molar-refractivity contribution is -0.142. The van der Waals surface area contributed by atoms with Gasteiger partial charge in [0, 0.05) is 25.4 Å². The Hall–Kier alpha value is -2.11. The average molecular weight is 318 g/mol. The second-order valence-electron chi connectivity index (χ2n) is 6.54. The van der Waals surface area contributed by atoms with Crippen molar-refractivity contribution in [2.24, 2.45) is 11.8 Å². The molecule has 3 rings (SSSR count). The average Bonchev–Trinajstić information content (AvgIpc) is 3.17. The first-order chi connectivity index (χ1) is 11.0. The van der Waals surface area contributed by atoms with Gasteiger partial charge in [-0.25, -0.2) is 4.98 Å². The van der Waals surface area contributed by atoms with Gasteiger partial charge in [0.2, 0.25) is 5.88 Å². The summed E-state index contributed by atoms with van der Waals surface area (Å²) in [5.74, 6) is -0.982. The Bertz CT molecular complexity index is 581. The van der Waals surface area contributed by atoms with E-state index in [0.717, 1.165) is 12.8 Å². The number of likely N-dealkylation sites (tertiary alicyclic amines) is 1. The van der Waals surface area contributed by atoms with Gasteiger partial charge < -0.3 is 14.7 Å². The highest BCUT2D eigenvalue weighted by Gasteiger charge is 2.37. The lowest BCUT2D eigenvalue weighted by Crippen LogP contribution is -2.30. The highest BCUT2D eigenvalue weighted by molar-refractivity contribution is 5.94. The van der Waals surface area contributed by atoms with E-state index in [2.05, 4.69) is 4.98 Å². The van der Waals surface area contributed by atoms with Crippen LogP contribution in [0.15, 0.2) is 18.3 Å². The van der Waals surface area contributed by atoms with Crippen molar-refractivity contribution in [1.29, 1.82) is 0 Å².